The Hall–Kier alpha value is -2.14. The van der Waals surface area contributed by atoms with Gasteiger partial charge in [-0.05, 0) is 19.4 Å². The Morgan fingerprint density at radius 1 is 0.963 bits per heavy atom. The van der Waals surface area contributed by atoms with Crippen molar-refractivity contribution in [2.75, 3.05) is 42.9 Å². The van der Waals surface area contributed by atoms with Crippen LogP contribution in [-0.4, -0.2) is 53.6 Å². The molecule has 0 unspecified atom stereocenters. The average molecular weight is 366 g/mol. The zero-order valence-electron chi connectivity index (χ0n) is 16.4. The van der Waals surface area contributed by atoms with E-state index in [-0.39, 0.29) is 0 Å². The SMILES string of the molecule is CCN1CCN(c2nc(NC3CCCCC3)cc(-c3ccccc3)n2)CC1. The fourth-order valence-electron chi connectivity index (χ4n) is 4.13. The molecule has 2 aromatic rings. The van der Waals surface area contributed by atoms with E-state index in [1.807, 2.05) is 0 Å². The molecule has 2 heterocycles. The quantitative estimate of drug-likeness (QED) is 0.867. The summed E-state index contributed by atoms with van der Waals surface area (Å²) in [6.07, 6.45) is 6.49. The van der Waals surface area contributed by atoms with Crippen molar-refractivity contribution in [1.29, 1.82) is 0 Å². The normalized spacial score (nSPS) is 19.2. The molecule has 144 valence electrons. The third-order valence-electron chi connectivity index (χ3n) is 5.84. The van der Waals surface area contributed by atoms with Gasteiger partial charge in [-0.2, -0.15) is 4.98 Å². The van der Waals surface area contributed by atoms with Crippen molar-refractivity contribution < 1.29 is 0 Å². The highest BCUT2D eigenvalue weighted by atomic mass is 15.3. The molecular weight excluding hydrogens is 334 g/mol. The van der Waals surface area contributed by atoms with Gasteiger partial charge >= 0.3 is 0 Å². The number of anilines is 2. The second-order valence-electron chi connectivity index (χ2n) is 7.71. The van der Waals surface area contributed by atoms with Crippen LogP contribution in [0, 0.1) is 0 Å². The molecule has 0 atom stereocenters. The fourth-order valence-corrected chi connectivity index (χ4v) is 4.13. The topological polar surface area (TPSA) is 44.3 Å². The lowest BCUT2D eigenvalue weighted by Crippen LogP contribution is -2.46. The van der Waals surface area contributed by atoms with Gasteiger partial charge in [0.2, 0.25) is 5.95 Å². The van der Waals surface area contributed by atoms with E-state index in [2.05, 4.69) is 58.4 Å². The number of aromatic nitrogens is 2. The number of hydrogen-bond acceptors (Lipinski definition) is 5. The first-order valence-electron chi connectivity index (χ1n) is 10.5. The largest absolute Gasteiger partial charge is 0.367 e. The van der Waals surface area contributed by atoms with Crippen molar-refractivity contribution in [3.8, 4) is 11.3 Å². The third kappa shape index (κ3) is 4.59. The number of rotatable bonds is 5. The summed E-state index contributed by atoms with van der Waals surface area (Å²) in [5.74, 6) is 1.84. The first-order valence-corrected chi connectivity index (χ1v) is 10.5. The molecule has 27 heavy (non-hydrogen) atoms. The van der Waals surface area contributed by atoms with Gasteiger partial charge in [0.1, 0.15) is 5.82 Å². The second-order valence-corrected chi connectivity index (χ2v) is 7.71. The maximum absolute atomic E-state index is 4.93. The Labute approximate surface area is 162 Å². The molecule has 2 aliphatic rings. The van der Waals surface area contributed by atoms with Crippen molar-refractivity contribution in [3.63, 3.8) is 0 Å². The lowest BCUT2D eigenvalue weighted by atomic mass is 9.95. The summed E-state index contributed by atoms with van der Waals surface area (Å²) in [7, 11) is 0. The molecule has 2 fully saturated rings. The molecule has 0 radical (unpaired) electrons. The van der Waals surface area contributed by atoms with Gasteiger partial charge in [0.15, 0.2) is 0 Å². The smallest absolute Gasteiger partial charge is 0.227 e. The zero-order chi connectivity index (χ0) is 18.5. The van der Waals surface area contributed by atoms with Crippen molar-refractivity contribution in [3.05, 3.63) is 36.4 Å². The van der Waals surface area contributed by atoms with E-state index in [1.165, 1.54) is 32.1 Å². The minimum Gasteiger partial charge on any atom is -0.367 e. The number of likely N-dealkylation sites (N-methyl/N-ethyl adjacent to an activating group) is 1. The third-order valence-corrected chi connectivity index (χ3v) is 5.84. The summed E-state index contributed by atoms with van der Waals surface area (Å²) < 4.78 is 0. The van der Waals surface area contributed by atoms with Gasteiger partial charge in [-0.25, -0.2) is 4.98 Å². The Balaban J connectivity index is 1.60. The summed E-state index contributed by atoms with van der Waals surface area (Å²) in [6, 6.07) is 13.1. The number of hydrogen-bond donors (Lipinski definition) is 1. The van der Waals surface area contributed by atoms with Crippen molar-refractivity contribution in [2.45, 2.75) is 45.1 Å². The van der Waals surface area contributed by atoms with Crippen LogP contribution in [0.15, 0.2) is 36.4 Å². The van der Waals surface area contributed by atoms with Crippen molar-refractivity contribution in [2.24, 2.45) is 0 Å². The molecule has 1 aliphatic carbocycles. The molecule has 4 rings (SSSR count). The standard InChI is InChI=1S/C22H31N5/c1-2-26-13-15-27(16-14-26)22-24-20(18-9-5-3-6-10-18)17-21(25-22)23-19-11-7-4-8-12-19/h3,5-6,9-10,17,19H,2,4,7-8,11-16H2,1H3,(H,23,24,25). The maximum atomic E-state index is 4.93. The summed E-state index contributed by atoms with van der Waals surface area (Å²) in [5.41, 5.74) is 2.16. The van der Waals surface area contributed by atoms with E-state index < -0.39 is 0 Å². The van der Waals surface area contributed by atoms with E-state index in [0.717, 1.165) is 55.7 Å². The van der Waals surface area contributed by atoms with Gasteiger partial charge in [0.05, 0.1) is 5.69 Å². The van der Waals surface area contributed by atoms with Crippen LogP contribution in [0.4, 0.5) is 11.8 Å². The predicted molar refractivity (Wildman–Crippen MR) is 112 cm³/mol. The summed E-state index contributed by atoms with van der Waals surface area (Å²) in [6.45, 7) is 7.51. The molecule has 1 aromatic carbocycles. The summed E-state index contributed by atoms with van der Waals surface area (Å²) in [5, 5.41) is 3.70. The lowest BCUT2D eigenvalue weighted by Gasteiger charge is -2.34. The van der Waals surface area contributed by atoms with E-state index in [4.69, 9.17) is 9.97 Å². The zero-order valence-corrected chi connectivity index (χ0v) is 16.4. The lowest BCUT2D eigenvalue weighted by molar-refractivity contribution is 0.270. The first-order chi connectivity index (χ1) is 13.3. The van der Waals surface area contributed by atoms with E-state index in [0.29, 0.717) is 6.04 Å². The highest BCUT2D eigenvalue weighted by Gasteiger charge is 2.20. The second kappa shape index (κ2) is 8.70. The van der Waals surface area contributed by atoms with Gasteiger partial charge in [-0.15, -0.1) is 0 Å². The Morgan fingerprint density at radius 2 is 1.70 bits per heavy atom. The summed E-state index contributed by atoms with van der Waals surface area (Å²) in [4.78, 5) is 14.7. The van der Waals surface area contributed by atoms with Gasteiger partial charge < -0.3 is 15.1 Å². The minimum absolute atomic E-state index is 0.544. The van der Waals surface area contributed by atoms with E-state index in [1.54, 1.807) is 0 Å². The Morgan fingerprint density at radius 3 is 2.41 bits per heavy atom. The van der Waals surface area contributed by atoms with Gasteiger partial charge in [0, 0.05) is 43.9 Å². The van der Waals surface area contributed by atoms with Crippen LogP contribution in [0.3, 0.4) is 0 Å². The Kier molecular flexibility index (Phi) is 5.87. The van der Waals surface area contributed by atoms with Crippen LogP contribution in [0.2, 0.25) is 0 Å². The molecule has 5 nitrogen and oxygen atoms in total. The average Bonchev–Trinajstić information content (AvgIpc) is 2.75. The van der Waals surface area contributed by atoms with Crippen molar-refractivity contribution >= 4 is 11.8 Å². The number of benzene rings is 1. The predicted octanol–water partition coefficient (Wildman–Crippen LogP) is 4.03. The molecule has 1 saturated carbocycles. The molecule has 0 spiro atoms. The molecule has 5 heteroatoms. The summed E-state index contributed by atoms with van der Waals surface area (Å²) >= 11 is 0. The minimum atomic E-state index is 0.544. The highest BCUT2D eigenvalue weighted by Crippen LogP contribution is 2.26. The molecule has 1 aromatic heterocycles. The monoisotopic (exact) mass is 365 g/mol. The van der Waals surface area contributed by atoms with Crippen LogP contribution in [0.5, 0.6) is 0 Å². The fraction of sp³-hybridized carbons (Fsp3) is 0.545. The molecule has 1 aliphatic heterocycles. The number of nitrogens with zero attached hydrogens (tertiary/aromatic N) is 4. The van der Waals surface area contributed by atoms with Crippen LogP contribution in [0.1, 0.15) is 39.0 Å². The van der Waals surface area contributed by atoms with Gasteiger partial charge in [-0.1, -0.05) is 56.5 Å². The molecular formula is C22H31N5. The van der Waals surface area contributed by atoms with Crippen LogP contribution in [0.25, 0.3) is 11.3 Å². The van der Waals surface area contributed by atoms with E-state index in [9.17, 15) is 0 Å². The first kappa shape index (κ1) is 18.2. The molecule has 1 saturated heterocycles. The maximum Gasteiger partial charge on any atom is 0.227 e. The van der Waals surface area contributed by atoms with Crippen LogP contribution >= 0.6 is 0 Å². The van der Waals surface area contributed by atoms with Gasteiger partial charge in [0.25, 0.3) is 0 Å². The molecule has 0 bridgehead atoms. The van der Waals surface area contributed by atoms with Crippen LogP contribution in [-0.2, 0) is 0 Å². The number of piperazine rings is 1. The van der Waals surface area contributed by atoms with Crippen molar-refractivity contribution in [1.82, 2.24) is 14.9 Å². The Bertz CT molecular complexity index is 719. The van der Waals surface area contributed by atoms with Crippen LogP contribution < -0.4 is 10.2 Å². The highest BCUT2D eigenvalue weighted by molar-refractivity contribution is 5.64. The molecule has 1 N–H and O–H groups in total. The molecule has 0 amide bonds. The van der Waals surface area contributed by atoms with Gasteiger partial charge in [-0.3, -0.25) is 0 Å². The van der Waals surface area contributed by atoms with E-state index >= 15 is 0 Å². The number of nitrogens with one attached hydrogen (secondary N) is 1.